The van der Waals surface area contributed by atoms with E-state index in [2.05, 4.69) is 16.0 Å². The molecule has 0 saturated carbocycles. The zero-order chi connectivity index (χ0) is 26.4. The van der Waals surface area contributed by atoms with Crippen LogP contribution in [0.1, 0.15) is 11.1 Å². The first-order valence-electron chi connectivity index (χ1n) is 11.3. The topological polar surface area (TPSA) is 117 Å². The highest BCUT2D eigenvalue weighted by Gasteiger charge is 2.34. The lowest BCUT2D eigenvalue weighted by Gasteiger charge is -2.12. The van der Waals surface area contributed by atoms with Crippen LogP contribution < -0.4 is 20.7 Å². The molecule has 4 rings (SSSR count). The van der Waals surface area contributed by atoms with Gasteiger partial charge in [-0.25, -0.2) is 14.1 Å². The zero-order valence-corrected chi connectivity index (χ0v) is 19.8. The van der Waals surface area contributed by atoms with Gasteiger partial charge in [0.25, 0.3) is 11.8 Å². The van der Waals surface area contributed by atoms with E-state index in [1.807, 2.05) is 13.0 Å². The Labute approximate surface area is 211 Å². The Kier molecular flexibility index (Phi) is 7.58. The molecule has 10 heteroatoms. The highest BCUT2D eigenvalue weighted by atomic mass is 19.1. The minimum atomic E-state index is -0.692. The number of nitrogens with one attached hydrogen (secondary N) is 3. The third kappa shape index (κ3) is 6.79. The van der Waals surface area contributed by atoms with E-state index in [1.54, 1.807) is 42.5 Å². The van der Waals surface area contributed by atoms with E-state index in [9.17, 15) is 23.6 Å². The summed E-state index contributed by atoms with van der Waals surface area (Å²) < 4.78 is 18.4. The lowest BCUT2D eigenvalue weighted by molar-refractivity contribution is -0.127. The van der Waals surface area contributed by atoms with Crippen LogP contribution in [-0.4, -0.2) is 41.8 Å². The number of hydrogen-bond acceptors (Lipinski definition) is 5. The summed E-state index contributed by atoms with van der Waals surface area (Å²) in [5, 5.41) is 7.73. The van der Waals surface area contributed by atoms with Crippen molar-refractivity contribution in [2.24, 2.45) is 0 Å². The number of carbonyl (C=O) groups excluding carboxylic acids is 4. The summed E-state index contributed by atoms with van der Waals surface area (Å²) in [5.74, 6) is -1.53. The Bertz CT molecular complexity index is 1370. The Morgan fingerprint density at radius 3 is 2.35 bits per heavy atom. The Balaban J connectivity index is 1.30. The lowest BCUT2D eigenvalue weighted by Crippen LogP contribution is -2.38. The fourth-order valence-electron chi connectivity index (χ4n) is 3.49. The normalized spacial score (nSPS) is 13.9. The molecule has 3 aromatic carbocycles. The van der Waals surface area contributed by atoms with Gasteiger partial charge in [0.1, 0.15) is 23.8 Å². The molecule has 1 aliphatic rings. The van der Waals surface area contributed by atoms with Crippen molar-refractivity contribution >= 4 is 41.2 Å². The Morgan fingerprint density at radius 2 is 1.65 bits per heavy atom. The lowest BCUT2D eigenvalue weighted by atomic mass is 10.2. The summed E-state index contributed by atoms with van der Waals surface area (Å²) in [5.41, 5.74) is 2.60. The van der Waals surface area contributed by atoms with E-state index in [0.29, 0.717) is 22.7 Å². The van der Waals surface area contributed by atoms with Crippen LogP contribution >= 0.6 is 0 Å². The van der Waals surface area contributed by atoms with Crippen molar-refractivity contribution < 1.29 is 28.3 Å². The molecule has 1 fully saturated rings. The third-order valence-corrected chi connectivity index (χ3v) is 5.25. The molecule has 0 aliphatic carbocycles. The van der Waals surface area contributed by atoms with E-state index in [0.717, 1.165) is 10.5 Å². The smallest absolute Gasteiger partial charge is 0.329 e. The number of hydrogen-bond donors (Lipinski definition) is 3. The van der Waals surface area contributed by atoms with Crippen LogP contribution in [0.5, 0.6) is 5.75 Å². The van der Waals surface area contributed by atoms with Gasteiger partial charge in [0.05, 0.1) is 0 Å². The average Bonchev–Trinajstić information content (AvgIpc) is 3.12. The van der Waals surface area contributed by atoms with Crippen molar-refractivity contribution in [1.82, 2.24) is 10.2 Å². The Hall–Kier alpha value is -4.99. The van der Waals surface area contributed by atoms with Gasteiger partial charge in [-0.15, -0.1) is 0 Å². The first-order chi connectivity index (χ1) is 17.8. The average molecular weight is 503 g/mol. The van der Waals surface area contributed by atoms with Crippen molar-refractivity contribution in [2.45, 2.75) is 6.92 Å². The summed E-state index contributed by atoms with van der Waals surface area (Å²) >= 11 is 0. The molecule has 0 bridgehead atoms. The maximum absolute atomic E-state index is 12.9. The number of aryl methyl sites for hydroxylation is 1. The maximum Gasteiger partial charge on any atom is 0.329 e. The van der Waals surface area contributed by atoms with Gasteiger partial charge in [0.2, 0.25) is 5.91 Å². The van der Waals surface area contributed by atoms with Gasteiger partial charge in [0.15, 0.2) is 6.61 Å². The molecule has 5 amide bonds. The minimum Gasteiger partial charge on any atom is -0.484 e. The number of carbonyl (C=O) groups is 4. The molecule has 0 aromatic heterocycles. The summed E-state index contributed by atoms with van der Waals surface area (Å²) in [7, 11) is 0. The molecule has 3 aromatic rings. The van der Waals surface area contributed by atoms with Crippen LogP contribution in [0.4, 0.5) is 20.6 Å². The zero-order valence-electron chi connectivity index (χ0n) is 19.8. The molecule has 1 saturated heterocycles. The maximum atomic E-state index is 12.9. The number of urea groups is 1. The second-order valence-corrected chi connectivity index (χ2v) is 8.21. The van der Waals surface area contributed by atoms with Crippen molar-refractivity contribution in [3.63, 3.8) is 0 Å². The van der Waals surface area contributed by atoms with E-state index in [4.69, 9.17) is 4.74 Å². The van der Waals surface area contributed by atoms with Crippen LogP contribution in [-0.2, 0) is 14.4 Å². The van der Waals surface area contributed by atoms with Gasteiger partial charge in [-0.1, -0.05) is 24.3 Å². The monoisotopic (exact) mass is 502 g/mol. The molecular formula is C27H23FN4O5. The molecule has 3 N–H and O–H groups in total. The molecule has 0 atom stereocenters. The Morgan fingerprint density at radius 1 is 0.946 bits per heavy atom. The number of imide groups is 1. The van der Waals surface area contributed by atoms with Crippen molar-refractivity contribution in [3.05, 3.63) is 95.4 Å². The summed E-state index contributed by atoms with van der Waals surface area (Å²) in [4.78, 5) is 50.1. The van der Waals surface area contributed by atoms with Crippen molar-refractivity contribution in [3.8, 4) is 5.75 Å². The third-order valence-electron chi connectivity index (χ3n) is 5.25. The van der Waals surface area contributed by atoms with Crippen LogP contribution in [0.2, 0.25) is 0 Å². The van der Waals surface area contributed by atoms with Crippen LogP contribution in [0.3, 0.4) is 0 Å². The number of rotatable bonds is 8. The standard InChI is InChI=1S/C27H23FN4O5/c1-17-3-2-4-21(13-17)30-24(33)15-32-26(35)23(31-27(32)36)14-18-5-11-22(12-6-18)37-16-25(34)29-20-9-7-19(28)8-10-20/h2-14H,15-16H2,1H3,(H,29,34)(H,30,33)(H,31,36)/b23-14-. The van der Waals surface area contributed by atoms with Crippen LogP contribution in [0, 0.1) is 12.7 Å². The van der Waals surface area contributed by atoms with Crippen LogP contribution in [0.15, 0.2) is 78.5 Å². The predicted octanol–water partition coefficient (Wildman–Crippen LogP) is 3.68. The fraction of sp³-hybridized carbons (Fsp3) is 0.111. The predicted molar refractivity (Wildman–Crippen MR) is 135 cm³/mol. The number of halogens is 1. The van der Waals surface area contributed by atoms with Gasteiger partial charge in [0, 0.05) is 11.4 Å². The fourth-order valence-corrected chi connectivity index (χ4v) is 3.49. The number of ether oxygens (including phenoxy) is 1. The molecule has 0 spiro atoms. The summed E-state index contributed by atoms with van der Waals surface area (Å²) in [6, 6.07) is 18.3. The molecule has 188 valence electrons. The summed E-state index contributed by atoms with van der Waals surface area (Å²) in [6.45, 7) is 1.20. The number of anilines is 2. The first kappa shape index (κ1) is 25.1. The van der Waals surface area contributed by atoms with E-state index in [-0.39, 0.29) is 12.3 Å². The van der Waals surface area contributed by atoms with Gasteiger partial charge >= 0.3 is 6.03 Å². The largest absolute Gasteiger partial charge is 0.484 e. The van der Waals surface area contributed by atoms with Gasteiger partial charge in [-0.3, -0.25) is 14.4 Å². The number of amides is 5. The molecule has 37 heavy (non-hydrogen) atoms. The van der Waals surface area contributed by atoms with Gasteiger partial charge in [-0.05, 0) is 72.7 Å². The van der Waals surface area contributed by atoms with E-state index in [1.165, 1.54) is 30.3 Å². The van der Waals surface area contributed by atoms with E-state index < -0.39 is 36.1 Å². The van der Waals surface area contributed by atoms with Crippen molar-refractivity contribution in [1.29, 1.82) is 0 Å². The SMILES string of the molecule is Cc1cccc(NC(=O)CN2C(=O)N/C(=C\c3ccc(OCC(=O)Nc4ccc(F)cc4)cc3)C2=O)c1. The number of nitrogens with zero attached hydrogens (tertiary/aromatic N) is 1. The first-order valence-corrected chi connectivity index (χ1v) is 11.3. The van der Waals surface area contributed by atoms with Gasteiger partial charge in [-0.2, -0.15) is 0 Å². The quantitative estimate of drug-likeness (QED) is 0.321. The molecule has 0 radical (unpaired) electrons. The molecule has 0 unspecified atom stereocenters. The van der Waals surface area contributed by atoms with E-state index >= 15 is 0 Å². The highest BCUT2D eigenvalue weighted by molar-refractivity contribution is 6.15. The molecule has 1 aliphatic heterocycles. The van der Waals surface area contributed by atoms with Gasteiger partial charge < -0.3 is 20.7 Å². The molecule has 1 heterocycles. The second kappa shape index (κ2) is 11.2. The highest BCUT2D eigenvalue weighted by Crippen LogP contribution is 2.18. The van der Waals surface area contributed by atoms with Crippen molar-refractivity contribution in [2.75, 3.05) is 23.8 Å². The summed E-state index contributed by atoms with van der Waals surface area (Å²) in [6.07, 6.45) is 1.48. The molecular weight excluding hydrogens is 479 g/mol. The minimum absolute atomic E-state index is 0.0284. The number of benzene rings is 3. The second-order valence-electron chi connectivity index (χ2n) is 8.21. The van der Waals surface area contributed by atoms with Crippen LogP contribution in [0.25, 0.3) is 6.08 Å². The molecule has 9 nitrogen and oxygen atoms in total.